The van der Waals surface area contributed by atoms with E-state index in [1.54, 1.807) is 6.21 Å². The van der Waals surface area contributed by atoms with E-state index in [9.17, 15) is 0 Å². The summed E-state index contributed by atoms with van der Waals surface area (Å²) in [6.45, 7) is 7.34. The molecule has 0 spiro atoms. The minimum absolute atomic E-state index is 0.619. The standard InChI is InChI=1S/C13H22N2/c1-4-14-10-6-5-8-12(2)13-9-7-11-15(13)3/h4,6,10,13H,2,5,7-9,11H2,1,3H3/b10-6-,14-4?/t13-/m0/s1. The third-order valence-corrected chi connectivity index (χ3v) is 2.96. The van der Waals surface area contributed by atoms with Crippen LogP contribution in [0.1, 0.15) is 32.6 Å². The van der Waals surface area contributed by atoms with E-state index in [2.05, 4.69) is 29.6 Å². The van der Waals surface area contributed by atoms with Gasteiger partial charge in [-0.05, 0) is 46.2 Å². The smallest absolute Gasteiger partial charge is 0.0302 e. The lowest BCUT2D eigenvalue weighted by molar-refractivity contribution is 0.340. The molecule has 0 aromatic heterocycles. The molecule has 1 aliphatic rings. The zero-order valence-corrected chi connectivity index (χ0v) is 9.95. The van der Waals surface area contributed by atoms with E-state index in [1.807, 2.05) is 13.1 Å². The Morgan fingerprint density at radius 1 is 1.60 bits per heavy atom. The molecule has 0 aromatic carbocycles. The number of nitrogens with zero attached hydrogens (tertiary/aromatic N) is 2. The number of likely N-dealkylation sites (N-methyl/N-ethyl adjacent to an activating group) is 1. The highest BCUT2D eigenvalue weighted by Gasteiger charge is 2.22. The summed E-state index contributed by atoms with van der Waals surface area (Å²) in [5.74, 6) is 0. The van der Waals surface area contributed by atoms with E-state index in [0.717, 1.165) is 12.8 Å². The zero-order chi connectivity index (χ0) is 11.1. The van der Waals surface area contributed by atoms with Crippen LogP contribution in [0.2, 0.25) is 0 Å². The van der Waals surface area contributed by atoms with Crippen molar-refractivity contribution in [2.24, 2.45) is 4.99 Å². The molecule has 15 heavy (non-hydrogen) atoms. The minimum Gasteiger partial charge on any atom is -0.300 e. The first kappa shape index (κ1) is 12.2. The number of allylic oxidation sites excluding steroid dienone is 1. The lowest BCUT2D eigenvalue weighted by Gasteiger charge is -2.21. The van der Waals surface area contributed by atoms with Gasteiger partial charge in [0, 0.05) is 18.5 Å². The fraction of sp³-hybridized carbons (Fsp3) is 0.615. The van der Waals surface area contributed by atoms with Crippen LogP contribution in [-0.2, 0) is 0 Å². The molecule has 2 nitrogen and oxygen atoms in total. The molecule has 1 aliphatic heterocycles. The van der Waals surface area contributed by atoms with Crippen LogP contribution in [0, 0.1) is 0 Å². The van der Waals surface area contributed by atoms with Gasteiger partial charge in [0.15, 0.2) is 0 Å². The lowest BCUT2D eigenvalue weighted by Crippen LogP contribution is -2.26. The van der Waals surface area contributed by atoms with Gasteiger partial charge < -0.3 is 0 Å². The van der Waals surface area contributed by atoms with Crippen molar-refractivity contribution >= 4 is 6.21 Å². The lowest BCUT2D eigenvalue weighted by atomic mass is 10.0. The van der Waals surface area contributed by atoms with Gasteiger partial charge in [-0.1, -0.05) is 18.2 Å². The first-order valence-electron chi connectivity index (χ1n) is 5.76. The van der Waals surface area contributed by atoms with Crippen molar-refractivity contribution in [3.8, 4) is 0 Å². The fourth-order valence-electron chi connectivity index (χ4n) is 2.08. The molecule has 0 bridgehead atoms. The molecular weight excluding hydrogens is 184 g/mol. The van der Waals surface area contributed by atoms with Crippen LogP contribution in [0.25, 0.3) is 0 Å². The highest BCUT2D eigenvalue weighted by molar-refractivity contribution is 5.54. The molecule has 1 heterocycles. The quantitative estimate of drug-likeness (QED) is 0.498. The van der Waals surface area contributed by atoms with Crippen molar-refractivity contribution in [3.63, 3.8) is 0 Å². The molecule has 0 saturated carbocycles. The molecule has 1 atom stereocenters. The van der Waals surface area contributed by atoms with Crippen molar-refractivity contribution in [1.29, 1.82) is 0 Å². The summed E-state index contributed by atoms with van der Waals surface area (Å²) >= 11 is 0. The van der Waals surface area contributed by atoms with Crippen LogP contribution in [-0.4, -0.2) is 30.7 Å². The predicted molar refractivity (Wildman–Crippen MR) is 67.3 cm³/mol. The van der Waals surface area contributed by atoms with Crippen LogP contribution >= 0.6 is 0 Å². The molecule has 84 valence electrons. The summed E-state index contributed by atoms with van der Waals surface area (Å²) in [6.07, 6.45) is 10.5. The summed E-state index contributed by atoms with van der Waals surface area (Å²) in [6, 6.07) is 0.619. The van der Waals surface area contributed by atoms with E-state index in [4.69, 9.17) is 0 Å². The Labute approximate surface area is 93.4 Å². The fourth-order valence-corrected chi connectivity index (χ4v) is 2.08. The second-order valence-corrected chi connectivity index (χ2v) is 4.13. The molecule has 0 amide bonds. The van der Waals surface area contributed by atoms with Gasteiger partial charge in [0.2, 0.25) is 0 Å². The maximum absolute atomic E-state index is 4.19. The van der Waals surface area contributed by atoms with E-state index in [1.165, 1.54) is 25.0 Å². The summed E-state index contributed by atoms with van der Waals surface area (Å²) < 4.78 is 0. The molecule has 1 saturated heterocycles. The van der Waals surface area contributed by atoms with Gasteiger partial charge in [-0.25, -0.2) is 0 Å². The minimum atomic E-state index is 0.619. The molecule has 0 unspecified atom stereocenters. The highest BCUT2D eigenvalue weighted by Crippen LogP contribution is 2.23. The molecule has 2 heteroatoms. The maximum Gasteiger partial charge on any atom is 0.0302 e. The van der Waals surface area contributed by atoms with E-state index in [0.29, 0.717) is 6.04 Å². The van der Waals surface area contributed by atoms with Crippen LogP contribution < -0.4 is 0 Å². The van der Waals surface area contributed by atoms with Gasteiger partial charge in [0.1, 0.15) is 0 Å². The highest BCUT2D eigenvalue weighted by atomic mass is 15.1. The summed E-state index contributed by atoms with van der Waals surface area (Å²) in [4.78, 5) is 6.45. The molecule has 1 rings (SSSR count). The van der Waals surface area contributed by atoms with Gasteiger partial charge in [0.05, 0.1) is 0 Å². The maximum atomic E-state index is 4.19. The normalized spacial score (nSPS) is 23.2. The molecule has 0 aromatic rings. The molecule has 1 fully saturated rings. The van der Waals surface area contributed by atoms with Gasteiger partial charge in [-0.15, -0.1) is 0 Å². The summed E-state index contributed by atoms with van der Waals surface area (Å²) in [5, 5.41) is 0. The second-order valence-electron chi connectivity index (χ2n) is 4.13. The number of hydrogen-bond acceptors (Lipinski definition) is 2. The predicted octanol–water partition coefficient (Wildman–Crippen LogP) is 3.02. The summed E-state index contributed by atoms with van der Waals surface area (Å²) in [5.41, 5.74) is 1.38. The Bertz CT molecular complexity index is 253. The first-order chi connectivity index (χ1) is 7.25. The van der Waals surface area contributed by atoms with Gasteiger partial charge in [0.25, 0.3) is 0 Å². The Morgan fingerprint density at radius 3 is 3.00 bits per heavy atom. The van der Waals surface area contributed by atoms with E-state index < -0.39 is 0 Å². The average molecular weight is 206 g/mol. The third kappa shape index (κ3) is 4.00. The molecular formula is C13H22N2. The van der Waals surface area contributed by atoms with Crippen LogP contribution in [0.3, 0.4) is 0 Å². The van der Waals surface area contributed by atoms with Gasteiger partial charge >= 0.3 is 0 Å². The van der Waals surface area contributed by atoms with Crippen molar-refractivity contribution in [1.82, 2.24) is 4.90 Å². The second kappa shape index (κ2) is 6.57. The zero-order valence-electron chi connectivity index (χ0n) is 9.95. The molecule has 0 radical (unpaired) electrons. The SMILES string of the molecule is C=C(CC/C=C\N=CC)[C@@H]1CCCN1C. The number of hydrogen-bond donors (Lipinski definition) is 0. The van der Waals surface area contributed by atoms with Gasteiger partial charge in [-0.3, -0.25) is 9.89 Å². The third-order valence-electron chi connectivity index (χ3n) is 2.96. The Kier molecular flexibility index (Phi) is 5.33. The van der Waals surface area contributed by atoms with Crippen LogP contribution in [0.5, 0.6) is 0 Å². The van der Waals surface area contributed by atoms with Crippen molar-refractivity contribution in [2.45, 2.75) is 38.6 Å². The van der Waals surface area contributed by atoms with Crippen molar-refractivity contribution < 1.29 is 0 Å². The van der Waals surface area contributed by atoms with Crippen LogP contribution in [0.15, 0.2) is 29.4 Å². The molecule has 0 aliphatic carbocycles. The van der Waals surface area contributed by atoms with Crippen molar-refractivity contribution in [3.05, 3.63) is 24.4 Å². The number of likely N-dealkylation sites (tertiary alicyclic amines) is 1. The van der Waals surface area contributed by atoms with Gasteiger partial charge in [-0.2, -0.15) is 0 Å². The largest absolute Gasteiger partial charge is 0.300 e. The average Bonchev–Trinajstić information content (AvgIpc) is 2.64. The summed E-state index contributed by atoms with van der Waals surface area (Å²) in [7, 11) is 2.19. The topological polar surface area (TPSA) is 15.6 Å². The Balaban J connectivity index is 2.24. The van der Waals surface area contributed by atoms with Crippen molar-refractivity contribution in [2.75, 3.05) is 13.6 Å². The monoisotopic (exact) mass is 206 g/mol. The Morgan fingerprint density at radius 2 is 2.40 bits per heavy atom. The van der Waals surface area contributed by atoms with E-state index >= 15 is 0 Å². The number of rotatable bonds is 5. The van der Waals surface area contributed by atoms with Crippen LogP contribution in [0.4, 0.5) is 0 Å². The molecule has 0 N–H and O–H groups in total. The Hall–Kier alpha value is -0.890. The first-order valence-corrected chi connectivity index (χ1v) is 5.76. The number of aliphatic imine (C=N–C) groups is 1. The van der Waals surface area contributed by atoms with E-state index in [-0.39, 0.29) is 0 Å².